The lowest BCUT2D eigenvalue weighted by Gasteiger charge is -2.33. The summed E-state index contributed by atoms with van der Waals surface area (Å²) < 4.78 is 14.3. The van der Waals surface area contributed by atoms with Crippen LogP contribution in [0.15, 0.2) is 43.0 Å². The van der Waals surface area contributed by atoms with E-state index in [1.54, 1.807) is 17.7 Å². The van der Waals surface area contributed by atoms with Crippen molar-refractivity contribution in [2.45, 2.75) is 77.8 Å². The van der Waals surface area contributed by atoms with Crippen molar-refractivity contribution in [3.63, 3.8) is 0 Å². The molecule has 5 heterocycles. The summed E-state index contributed by atoms with van der Waals surface area (Å²) in [6.45, 7) is 11.7. The number of rotatable bonds is 9. The van der Waals surface area contributed by atoms with Crippen molar-refractivity contribution in [3.8, 4) is 5.75 Å². The van der Waals surface area contributed by atoms with Gasteiger partial charge in [-0.15, -0.1) is 11.3 Å². The molecule has 0 amide bonds. The van der Waals surface area contributed by atoms with Gasteiger partial charge in [-0.05, 0) is 63.3 Å². The van der Waals surface area contributed by atoms with Crippen LogP contribution in [0, 0.1) is 6.92 Å². The van der Waals surface area contributed by atoms with Gasteiger partial charge in [-0.25, -0.2) is 15.0 Å². The number of benzene rings is 1. The molecule has 2 aliphatic rings. The Labute approximate surface area is 234 Å². The van der Waals surface area contributed by atoms with Gasteiger partial charge < -0.3 is 19.4 Å². The van der Waals surface area contributed by atoms with Crippen LogP contribution in [0.3, 0.4) is 0 Å². The molecule has 1 fully saturated rings. The Morgan fingerprint density at radius 2 is 2.05 bits per heavy atom. The van der Waals surface area contributed by atoms with Crippen molar-refractivity contribution < 1.29 is 9.47 Å². The summed E-state index contributed by atoms with van der Waals surface area (Å²) in [5, 5.41) is 4.99. The van der Waals surface area contributed by atoms with Crippen molar-refractivity contribution in [2.24, 2.45) is 0 Å². The first-order valence-electron chi connectivity index (χ1n) is 14.0. The molecule has 1 saturated heterocycles. The number of fused-ring (bicyclic) bond motifs is 3. The van der Waals surface area contributed by atoms with Gasteiger partial charge in [0.25, 0.3) is 0 Å². The van der Waals surface area contributed by atoms with Gasteiger partial charge in [-0.1, -0.05) is 12.1 Å². The van der Waals surface area contributed by atoms with E-state index in [-0.39, 0.29) is 5.60 Å². The molecule has 1 N–H and O–H groups in total. The number of thiophene rings is 1. The molecule has 0 saturated carbocycles. The summed E-state index contributed by atoms with van der Waals surface area (Å²) in [5.74, 6) is 2.99. The van der Waals surface area contributed by atoms with Crippen LogP contribution in [0.5, 0.6) is 5.75 Å². The zero-order valence-electron chi connectivity index (χ0n) is 23.2. The predicted molar refractivity (Wildman–Crippen MR) is 155 cm³/mol. The van der Waals surface area contributed by atoms with E-state index in [1.807, 2.05) is 19.3 Å². The van der Waals surface area contributed by atoms with E-state index in [1.165, 1.54) is 21.4 Å². The summed E-state index contributed by atoms with van der Waals surface area (Å²) in [7, 11) is 0. The molecule has 9 heteroatoms. The van der Waals surface area contributed by atoms with Gasteiger partial charge in [0.15, 0.2) is 0 Å². The third kappa shape index (κ3) is 6.10. The fourth-order valence-electron chi connectivity index (χ4n) is 5.67. The highest BCUT2D eigenvalue weighted by molar-refractivity contribution is 7.18. The predicted octanol–water partition coefficient (Wildman–Crippen LogP) is 5.59. The molecule has 0 spiro atoms. The summed E-state index contributed by atoms with van der Waals surface area (Å²) in [4.78, 5) is 18.4. The lowest BCUT2D eigenvalue weighted by Crippen LogP contribution is -2.38. The maximum atomic E-state index is 6.06. The lowest BCUT2D eigenvalue weighted by molar-refractivity contribution is -0.0379. The monoisotopic (exact) mass is 546 g/mol. The Balaban J connectivity index is 1.01. The molecule has 1 aromatic carbocycles. The van der Waals surface area contributed by atoms with Crippen molar-refractivity contribution in [1.82, 2.24) is 24.4 Å². The topological polar surface area (TPSA) is 77.3 Å². The number of hydrogen-bond acceptors (Lipinski definition) is 8. The average molecular weight is 547 g/mol. The largest absolute Gasteiger partial charge is 0.494 e. The first-order chi connectivity index (χ1) is 18.9. The van der Waals surface area contributed by atoms with Gasteiger partial charge >= 0.3 is 0 Å². The summed E-state index contributed by atoms with van der Waals surface area (Å²) in [6, 6.07) is 8.97. The van der Waals surface area contributed by atoms with Gasteiger partial charge in [0.05, 0.1) is 24.2 Å². The molecule has 8 nitrogen and oxygen atoms in total. The number of aromatic nitrogens is 4. The molecule has 206 valence electrons. The van der Waals surface area contributed by atoms with E-state index >= 15 is 0 Å². The third-order valence-corrected chi connectivity index (χ3v) is 8.95. The van der Waals surface area contributed by atoms with Gasteiger partial charge in [0.2, 0.25) is 0 Å². The number of anilines is 1. The highest BCUT2D eigenvalue weighted by atomic mass is 32.1. The molecule has 0 bridgehead atoms. The fraction of sp³-hybridized carbons (Fsp3) is 0.500. The van der Waals surface area contributed by atoms with Crippen molar-refractivity contribution in [1.29, 1.82) is 0 Å². The molecule has 6 rings (SSSR count). The minimum Gasteiger partial charge on any atom is -0.494 e. The first kappa shape index (κ1) is 26.2. The molecular weight excluding hydrogens is 508 g/mol. The smallest absolute Gasteiger partial charge is 0.138 e. The second kappa shape index (κ2) is 11.2. The van der Waals surface area contributed by atoms with E-state index in [2.05, 4.69) is 67.8 Å². The molecule has 0 atom stereocenters. The number of imidazole rings is 1. The van der Waals surface area contributed by atoms with E-state index in [0.717, 1.165) is 74.1 Å². The number of ether oxygens (including phenoxy) is 2. The number of likely N-dealkylation sites (tertiary alicyclic amines) is 1. The quantitative estimate of drug-likeness (QED) is 0.274. The van der Waals surface area contributed by atoms with Crippen molar-refractivity contribution in [3.05, 3.63) is 64.8 Å². The van der Waals surface area contributed by atoms with Gasteiger partial charge in [0.1, 0.15) is 28.5 Å². The second-order valence-electron chi connectivity index (χ2n) is 11.3. The lowest BCUT2D eigenvalue weighted by atomic mass is 9.94. The maximum Gasteiger partial charge on any atom is 0.138 e. The van der Waals surface area contributed by atoms with Crippen LogP contribution < -0.4 is 10.1 Å². The van der Waals surface area contributed by atoms with E-state index in [0.29, 0.717) is 19.3 Å². The van der Waals surface area contributed by atoms with Crippen LogP contribution in [-0.4, -0.2) is 55.8 Å². The third-order valence-electron chi connectivity index (χ3n) is 7.84. The zero-order chi connectivity index (χ0) is 26.8. The van der Waals surface area contributed by atoms with Gasteiger partial charge in [0, 0.05) is 55.9 Å². The molecule has 2 aliphatic heterocycles. The van der Waals surface area contributed by atoms with Crippen LogP contribution in [-0.2, 0) is 30.9 Å². The zero-order valence-corrected chi connectivity index (χ0v) is 24.0. The molecule has 3 aromatic heterocycles. The summed E-state index contributed by atoms with van der Waals surface area (Å²) >= 11 is 1.75. The summed E-state index contributed by atoms with van der Waals surface area (Å²) in [5.41, 5.74) is 2.52. The minimum absolute atomic E-state index is 0.151. The Hall–Kier alpha value is -3.01. The molecule has 4 aromatic rings. The molecule has 0 radical (unpaired) electrons. The average Bonchev–Trinajstić information content (AvgIpc) is 3.50. The normalized spacial score (nSPS) is 17.8. The second-order valence-corrected chi connectivity index (χ2v) is 12.4. The summed E-state index contributed by atoms with van der Waals surface area (Å²) in [6.07, 6.45) is 9.61. The van der Waals surface area contributed by atoms with E-state index in [9.17, 15) is 0 Å². The van der Waals surface area contributed by atoms with Crippen LogP contribution >= 0.6 is 11.3 Å². The Kier molecular flexibility index (Phi) is 7.55. The first-order valence-corrected chi connectivity index (χ1v) is 14.8. The Morgan fingerprint density at radius 3 is 2.87 bits per heavy atom. The molecule has 39 heavy (non-hydrogen) atoms. The number of hydrogen-bond donors (Lipinski definition) is 1. The van der Waals surface area contributed by atoms with Crippen molar-refractivity contribution in [2.75, 3.05) is 25.0 Å². The van der Waals surface area contributed by atoms with Crippen LogP contribution in [0.2, 0.25) is 0 Å². The fourth-order valence-corrected chi connectivity index (χ4v) is 6.74. The van der Waals surface area contributed by atoms with E-state index in [4.69, 9.17) is 9.47 Å². The number of nitrogens with one attached hydrogen (secondary N) is 1. The van der Waals surface area contributed by atoms with Crippen LogP contribution in [0.1, 0.15) is 54.9 Å². The molecule has 0 unspecified atom stereocenters. The number of piperidine rings is 1. The SMILES string of the molecule is Cc1nccn1CCCOc1cccc(CN2CCC(Nc3ncnc4sc5c(c34)CC(C)(C)OC5)CC2)c1. The minimum atomic E-state index is -0.151. The standard InChI is InChI=1S/C30H38N6O2S/c1-21-31-10-14-36(21)11-5-15-37-24-7-4-6-22(16-24)18-35-12-8-23(9-13-35)34-28-27-25-17-30(2,3)38-19-26(25)39-29(27)33-20-32-28/h4,6-7,10,14,16,20,23H,5,8-9,11-13,15,17-19H2,1-3H3,(H,32,33,34). The van der Waals surface area contributed by atoms with Gasteiger partial charge in [-0.2, -0.15) is 0 Å². The molecular formula is C30H38N6O2S. The maximum absolute atomic E-state index is 6.06. The van der Waals surface area contributed by atoms with Gasteiger partial charge in [-0.3, -0.25) is 4.90 Å². The highest BCUT2D eigenvalue weighted by Gasteiger charge is 2.31. The Morgan fingerprint density at radius 1 is 1.18 bits per heavy atom. The number of aryl methyl sites for hydroxylation is 2. The number of nitrogens with zero attached hydrogens (tertiary/aromatic N) is 5. The van der Waals surface area contributed by atoms with Crippen LogP contribution in [0.4, 0.5) is 5.82 Å². The van der Waals surface area contributed by atoms with E-state index < -0.39 is 0 Å². The molecule has 0 aliphatic carbocycles. The highest BCUT2D eigenvalue weighted by Crippen LogP contribution is 2.40. The van der Waals surface area contributed by atoms with Crippen molar-refractivity contribution >= 4 is 27.4 Å². The van der Waals surface area contributed by atoms with Crippen LogP contribution in [0.25, 0.3) is 10.2 Å². The Bertz CT molecular complexity index is 1420.